The zero-order valence-electron chi connectivity index (χ0n) is 3.85. The van der Waals surface area contributed by atoms with Gasteiger partial charge in [0.15, 0.2) is 6.16 Å². The average Bonchev–Trinajstić information content (AvgIpc) is 1.21. The second-order valence-electron chi connectivity index (χ2n) is 1.24. The fraction of sp³-hybridized carbons (Fsp3) is 0.500. The minimum Gasteiger partial charge on any atom is -0.193 e. The summed E-state index contributed by atoms with van der Waals surface area (Å²) >= 11 is 7.93. The van der Waals surface area contributed by atoms with E-state index in [1.807, 2.05) is 0 Å². The minimum absolute atomic E-state index is 0.103. The monoisotopic (exact) mass is 173 g/mol. The normalized spacial score (nSPS) is 11.5. The van der Waals surface area contributed by atoms with Gasteiger partial charge in [-0.1, -0.05) is 12.2 Å². The van der Waals surface area contributed by atoms with Gasteiger partial charge in [0.2, 0.25) is 0 Å². The van der Waals surface area contributed by atoms with Crippen LogP contribution >= 0.6 is 32.8 Å². The van der Waals surface area contributed by atoms with Crippen LogP contribution in [0.2, 0.25) is 0 Å². The third-order valence-electron chi connectivity index (χ3n) is 0.347. The predicted octanol–water partition coefficient (Wildman–Crippen LogP) is -0.0169. The highest BCUT2D eigenvalue weighted by Gasteiger charge is 2.30. The van der Waals surface area contributed by atoms with Crippen molar-refractivity contribution < 1.29 is 14.7 Å². The molecular formula is C2H6O3PS2+. The highest BCUT2D eigenvalue weighted by Crippen LogP contribution is 2.44. The van der Waals surface area contributed by atoms with Gasteiger partial charge in [-0.2, -0.15) is 14.7 Å². The lowest BCUT2D eigenvalue weighted by Crippen LogP contribution is -1.99. The van der Waals surface area contributed by atoms with E-state index in [2.05, 4.69) is 24.8 Å². The molecule has 0 saturated heterocycles. The highest BCUT2D eigenvalue weighted by atomic mass is 32.1. The van der Waals surface area contributed by atoms with Gasteiger partial charge < -0.3 is 0 Å². The Bertz CT molecular complexity index is 97.9. The van der Waals surface area contributed by atoms with E-state index in [9.17, 15) is 0 Å². The van der Waals surface area contributed by atoms with E-state index in [1.165, 1.54) is 0 Å². The number of thiocarbonyl (C=S) groups is 1. The average molecular weight is 173 g/mol. The smallest absolute Gasteiger partial charge is 0.193 e. The number of thiol groups is 1. The van der Waals surface area contributed by atoms with Crippen molar-refractivity contribution in [2.45, 2.75) is 0 Å². The lowest BCUT2D eigenvalue weighted by Gasteiger charge is -1.98. The first-order valence-electron chi connectivity index (χ1n) is 1.70. The first kappa shape index (κ1) is 8.75. The SMILES string of the molecule is O[P+](O)(O)CC(=S)S. The lowest BCUT2D eigenvalue weighted by molar-refractivity contribution is 0.337. The van der Waals surface area contributed by atoms with Crippen molar-refractivity contribution in [3.63, 3.8) is 0 Å². The zero-order chi connectivity index (χ0) is 6.78. The maximum atomic E-state index is 8.27. The maximum Gasteiger partial charge on any atom is 0.409 e. The molecule has 0 aromatic heterocycles. The van der Waals surface area contributed by atoms with E-state index in [0.29, 0.717) is 0 Å². The molecule has 0 aliphatic rings. The van der Waals surface area contributed by atoms with E-state index in [-0.39, 0.29) is 10.4 Å². The van der Waals surface area contributed by atoms with Gasteiger partial charge >= 0.3 is 7.94 Å². The van der Waals surface area contributed by atoms with Gasteiger partial charge in [0, 0.05) is 0 Å². The topological polar surface area (TPSA) is 60.7 Å². The van der Waals surface area contributed by atoms with E-state index in [1.54, 1.807) is 0 Å². The maximum absolute atomic E-state index is 8.27. The number of hydrogen-bond donors (Lipinski definition) is 4. The molecular weight excluding hydrogens is 167 g/mol. The summed E-state index contributed by atoms with van der Waals surface area (Å²) in [5, 5.41) is 0. The first-order chi connectivity index (χ1) is 3.42. The Hall–Kier alpha value is 0.750. The summed E-state index contributed by atoms with van der Waals surface area (Å²) in [5.74, 6) is 0. The Morgan fingerprint density at radius 3 is 1.88 bits per heavy atom. The fourth-order valence-corrected chi connectivity index (χ4v) is 1.63. The minimum atomic E-state index is -3.69. The van der Waals surface area contributed by atoms with Crippen molar-refractivity contribution in [1.29, 1.82) is 0 Å². The molecule has 0 spiro atoms. The molecule has 0 atom stereocenters. The molecule has 0 saturated carbocycles. The molecule has 0 rings (SSSR count). The molecule has 6 heteroatoms. The second-order valence-corrected chi connectivity index (χ2v) is 4.28. The Labute approximate surface area is 58.3 Å². The van der Waals surface area contributed by atoms with Crippen LogP contribution in [0.3, 0.4) is 0 Å². The molecule has 0 aliphatic heterocycles. The Morgan fingerprint density at radius 2 is 1.88 bits per heavy atom. The Balaban J connectivity index is 3.55. The standard InChI is InChI=1S/C2H5O3PS2/c3-6(4,5)1-2(7)8/h3-5H,1H2/p+1. The molecule has 0 bridgehead atoms. The second kappa shape index (κ2) is 3.06. The fourth-order valence-electron chi connectivity index (χ4n) is 0.181. The molecule has 3 N–H and O–H groups in total. The van der Waals surface area contributed by atoms with Gasteiger partial charge in [0.25, 0.3) is 0 Å². The van der Waals surface area contributed by atoms with Crippen LogP contribution < -0.4 is 0 Å². The van der Waals surface area contributed by atoms with Crippen LogP contribution in [0.5, 0.6) is 0 Å². The van der Waals surface area contributed by atoms with Gasteiger partial charge in [0.05, 0.1) is 4.20 Å². The molecule has 0 aromatic rings. The van der Waals surface area contributed by atoms with E-state index < -0.39 is 7.94 Å². The lowest BCUT2D eigenvalue weighted by atomic mass is 10.9. The van der Waals surface area contributed by atoms with E-state index in [4.69, 9.17) is 14.7 Å². The quantitative estimate of drug-likeness (QED) is 0.269. The van der Waals surface area contributed by atoms with Crippen molar-refractivity contribution in [2.75, 3.05) is 6.16 Å². The van der Waals surface area contributed by atoms with Crippen molar-refractivity contribution in [1.82, 2.24) is 0 Å². The van der Waals surface area contributed by atoms with Crippen molar-refractivity contribution in [3.05, 3.63) is 0 Å². The molecule has 0 amide bonds. The summed E-state index contributed by atoms with van der Waals surface area (Å²) < 4.78 is 0.103. The van der Waals surface area contributed by atoms with Gasteiger partial charge in [-0.25, -0.2) is 0 Å². The zero-order valence-corrected chi connectivity index (χ0v) is 6.46. The number of rotatable bonds is 2. The van der Waals surface area contributed by atoms with Gasteiger partial charge in [-0.05, 0) is 0 Å². The van der Waals surface area contributed by atoms with Crippen LogP contribution in [0.1, 0.15) is 0 Å². The molecule has 0 radical (unpaired) electrons. The van der Waals surface area contributed by atoms with Crippen LogP contribution in [0.15, 0.2) is 0 Å². The summed E-state index contributed by atoms with van der Waals surface area (Å²) in [4.78, 5) is 24.8. The number of hydrogen-bond acceptors (Lipinski definition) is 4. The first-order valence-corrected chi connectivity index (χ1v) is 4.39. The molecule has 3 nitrogen and oxygen atoms in total. The van der Waals surface area contributed by atoms with Crippen molar-refractivity contribution >= 4 is 37.0 Å². The van der Waals surface area contributed by atoms with Crippen LogP contribution in [0.25, 0.3) is 0 Å². The van der Waals surface area contributed by atoms with Crippen molar-refractivity contribution in [2.24, 2.45) is 0 Å². The van der Waals surface area contributed by atoms with E-state index >= 15 is 0 Å². The Kier molecular flexibility index (Phi) is 3.34. The summed E-state index contributed by atoms with van der Waals surface area (Å²) in [6.07, 6.45) is -0.300. The largest absolute Gasteiger partial charge is 0.409 e. The molecule has 48 valence electrons. The van der Waals surface area contributed by atoms with Gasteiger partial charge in [-0.3, -0.25) is 0 Å². The summed E-state index contributed by atoms with van der Waals surface area (Å²) in [5.41, 5.74) is 0. The summed E-state index contributed by atoms with van der Waals surface area (Å²) in [6, 6.07) is 0. The molecule has 0 aliphatic carbocycles. The van der Waals surface area contributed by atoms with Gasteiger partial charge in [0.1, 0.15) is 0 Å². The molecule has 0 aromatic carbocycles. The third kappa shape index (κ3) is 6.75. The van der Waals surface area contributed by atoms with Crippen molar-refractivity contribution in [3.8, 4) is 0 Å². The Morgan fingerprint density at radius 1 is 1.50 bits per heavy atom. The van der Waals surface area contributed by atoms with Crippen LogP contribution in [-0.4, -0.2) is 25.0 Å². The highest BCUT2D eigenvalue weighted by molar-refractivity contribution is 8.12. The van der Waals surface area contributed by atoms with Crippen LogP contribution in [-0.2, 0) is 0 Å². The summed E-state index contributed by atoms with van der Waals surface area (Å²) in [7, 11) is -3.69. The van der Waals surface area contributed by atoms with Crippen LogP contribution in [0, 0.1) is 0 Å². The molecule has 0 unspecified atom stereocenters. The summed E-state index contributed by atoms with van der Waals surface area (Å²) in [6.45, 7) is 0. The predicted molar refractivity (Wildman–Crippen MR) is 40.0 cm³/mol. The van der Waals surface area contributed by atoms with Gasteiger partial charge in [-0.15, -0.1) is 12.6 Å². The third-order valence-corrected chi connectivity index (χ3v) is 1.85. The molecule has 0 heterocycles. The molecule has 8 heavy (non-hydrogen) atoms. The van der Waals surface area contributed by atoms with Crippen LogP contribution in [0.4, 0.5) is 0 Å². The van der Waals surface area contributed by atoms with E-state index in [0.717, 1.165) is 0 Å². The molecule has 0 fully saturated rings.